The lowest BCUT2D eigenvalue weighted by Gasteiger charge is -2.09. The van der Waals surface area contributed by atoms with Crippen LogP contribution in [0.25, 0.3) is 10.6 Å². The molecule has 2 heterocycles. The number of nitrogen functional groups attached to an aromatic ring is 1. The molecule has 0 spiro atoms. The molecule has 0 unspecified atom stereocenters. The van der Waals surface area contributed by atoms with E-state index in [1.165, 1.54) is 11.3 Å². The zero-order valence-corrected chi connectivity index (χ0v) is 15.1. The van der Waals surface area contributed by atoms with Gasteiger partial charge in [-0.2, -0.15) is 0 Å². The van der Waals surface area contributed by atoms with E-state index in [1.807, 2.05) is 54.6 Å². The number of nitrogens with one attached hydrogen (secondary N) is 1. The number of aromatic nitrogens is 4. The van der Waals surface area contributed by atoms with Gasteiger partial charge in [-0.05, 0) is 30.3 Å². The van der Waals surface area contributed by atoms with E-state index in [2.05, 4.69) is 25.5 Å². The molecule has 3 N–H and O–H groups in total. The summed E-state index contributed by atoms with van der Waals surface area (Å²) < 4.78 is 5.93. The van der Waals surface area contributed by atoms with Crippen LogP contribution in [0.1, 0.15) is 5.69 Å². The molecule has 27 heavy (non-hydrogen) atoms. The summed E-state index contributed by atoms with van der Waals surface area (Å²) in [6.45, 7) is 0.289. The van der Waals surface area contributed by atoms with Crippen LogP contribution >= 0.6 is 11.3 Å². The SMILES string of the molecule is Nc1nccc(COc2ccccc2-c2nnc(Nc3ccccc3)s2)n1. The van der Waals surface area contributed by atoms with Crippen molar-refractivity contribution in [3.63, 3.8) is 0 Å². The fraction of sp³-hybridized carbons (Fsp3) is 0.0526. The predicted molar refractivity (Wildman–Crippen MR) is 106 cm³/mol. The number of anilines is 3. The summed E-state index contributed by atoms with van der Waals surface area (Å²) in [6.07, 6.45) is 1.61. The van der Waals surface area contributed by atoms with E-state index in [0.29, 0.717) is 11.4 Å². The number of nitrogens with zero attached hydrogens (tertiary/aromatic N) is 4. The van der Waals surface area contributed by atoms with E-state index < -0.39 is 0 Å². The van der Waals surface area contributed by atoms with Gasteiger partial charge in [-0.3, -0.25) is 0 Å². The van der Waals surface area contributed by atoms with E-state index in [1.54, 1.807) is 12.3 Å². The summed E-state index contributed by atoms with van der Waals surface area (Å²) >= 11 is 1.46. The van der Waals surface area contributed by atoms with Crippen LogP contribution < -0.4 is 15.8 Å². The molecule has 0 bridgehead atoms. The minimum absolute atomic E-state index is 0.227. The number of nitrogens with two attached hydrogens (primary N) is 1. The van der Waals surface area contributed by atoms with Crippen LogP contribution in [0.2, 0.25) is 0 Å². The van der Waals surface area contributed by atoms with Crippen molar-refractivity contribution in [2.24, 2.45) is 0 Å². The normalized spacial score (nSPS) is 10.5. The number of para-hydroxylation sites is 2. The van der Waals surface area contributed by atoms with Crippen molar-refractivity contribution in [1.29, 1.82) is 0 Å². The molecular formula is C19H16N6OS. The van der Waals surface area contributed by atoms with Gasteiger partial charge in [-0.25, -0.2) is 9.97 Å². The first-order chi connectivity index (χ1) is 13.3. The Morgan fingerprint density at radius 2 is 1.78 bits per heavy atom. The topological polar surface area (TPSA) is 98.8 Å². The second kappa shape index (κ2) is 7.79. The van der Waals surface area contributed by atoms with E-state index in [0.717, 1.165) is 21.4 Å². The van der Waals surface area contributed by atoms with Crippen LogP contribution in [-0.4, -0.2) is 20.2 Å². The monoisotopic (exact) mass is 376 g/mol. The van der Waals surface area contributed by atoms with Crippen molar-refractivity contribution >= 4 is 28.1 Å². The third-order valence-corrected chi connectivity index (χ3v) is 4.55. The third kappa shape index (κ3) is 4.18. The molecule has 4 rings (SSSR count). The summed E-state index contributed by atoms with van der Waals surface area (Å²) in [5.74, 6) is 0.933. The molecule has 0 aliphatic heterocycles. The van der Waals surface area contributed by atoms with E-state index in [9.17, 15) is 0 Å². The van der Waals surface area contributed by atoms with Crippen LogP contribution in [-0.2, 0) is 6.61 Å². The van der Waals surface area contributed by atoms with Gasteiger partial charge in [0, 0.05) is 11.9 Å². The predicted octanol–water partition coefficient (Wildman–Crippen LogP) is 3.90. The van der Waals surface area contributed by atoms with Gasteiger partial charge in [0.2, 0.25) is 11.1 Å². The van der Waals surface area contributed by atoms with Crippen molar-refractivity contribution in [1.82, 2.24) is 20.2 Å². The molecule has 2 aromatic carbocycles. The first kappa shape index (κ1) is 16.9. The number of hydrogen-bond acceptors (Lipinski definition) is 8. The molecule has 0 saturated carbocycles. The Balaban J connectivity index is 1.52. The number of ether oxygens (including phenoxy) is 1. The molecule has 2 aromatic heterocycles. The fourth-order valence-electron chi connectivity index (χ4n) is 2.44. The Kier molecular flexibility index (Phi) is 4.88. The van der Waals surface area contributed by atoms with Crippen LogP contribution in [0.15, 0.2) is 66.9 Å². The quantitative estimate of drug-likeness (QED) is 0.526. The maximum Gasteiger partial charge on any atom is 0.220 e. The van der Waals surface area contributed by atoms with Crippen molar-refractivity contribution in [3.05, 3.63) is 72.6 Å². The molecule has 0 atom stereocenters. The second-order valence-electron chi connectivity index (χ2n) is 5.59. The highest BCUT2D eigenvalue weighted by Gasteiger charge is 2.12. The lowest BCUT2D eigenvalue weighted by atomic mass is 10.2. The average molecular weight is 376 g/mol. The van der Waals surface area contributed by atoms with Gasteiger partial charge >= 0.3 is 0 Å². The fourth-order valence-corrected chi connectivity index (χ4v) is 3.24. The van der Waals surface area contributed by atoms with Gasteiger partial charge in [0.15, 0.2) is 5.01 Å². The van der Waals surface area contributed by atoms with Crippen molar-refractivity contribution in [2.75, 3.05) is 11.1 Å². The molecule has 0 amide bonds. The Morgan fingerprint density at radius 1 is 0.963 bits per heavy atom. The Morgan fingerprint density at radius 3 is 2.63 bits per heavy atom. The van der Waals surface area contributed by atoms with Crippen LogP contribution in [0.5, 0.6) is 5.75 Å². The summed E-state index contributed by atoms with van der Waals surface area (Å²) in [5, 5.41) is 13.3. The number of hydrogen-bond donors (Lipinski definition) is 2. The summed E-state index contributed by atoms with van der Waals surface area (Å²) in [6, 6.07) is 19.3. The van der Waals surface area contributed by atoms with Crippen LogP contribution in [0.4, 0.5) is 16.8 Å². The Labute approximate surface area is 159 Å². The summed E-state index contributed by atoms with van der Waals surface area (Å²) in [5.41, 5.74) is 8.16. The maximum atomic E-state index is 5.93. The minimum atomic E-state index is 0.227. The molecular weight excluding hydrogens is 360 g/mol. The number of benzene rings is 2. The zero-order valence-electron chi connectivity index (χ0n) is 14.2. The summed E-state index contributed by atoms with van der Waals surface area (Å²) in [4.78, 5) is 8.03. The highest BCUT2D eigenvalue weighted by molar-refractivity contribution is 7.18. The molecule has 8 heteroatoms. The van der Waals surface area contributed by atoms with E-state index >= 15 is 0 Å². The van der Waals surface area contributed by atoms with Gasteiger partial charge in [0.05, 0.1) is 11.3 Å². The highest BCUT2D eigenvalue weighted by Crippen LogP contribution is 2.34. The van der Waals surface area contributed by atoms with Crippen molar-refractivity contribution in [3.8, 4) is 16.3 Å². The van der Waals surface area contributed by atoms with Crippen molar-refractivity contribution in [2.45, 2.75) is 6.61 Å². The maximum absolute atomic E-state index is 5.93. The largest absolute Gasteiger partial charge is 0.487 e. The molecule has 0 aliphatic carbocycles. The molecule has 0 radical (unpaired) electrons. The van der Waals surface area contributed by atoms with Crippen LogP contribution in [0.3, 0.4) is 0 Å². The zero-order chi connectivity index (χ0) is 18.5. The lowest BCUT2D eigenvalue weighted by Crippen LogP contribution is -2.02. The standard InChI is InChI=1S/C19H16N6OS/c20-18-21-11-10-14(22-18)12-26-16-9-5-4-8-15(16)17-24-25-19(27-17)23-13-6-2-1-3-7-13/h1-11H,12H2,(H,23,25)(H2,20,21,22). The van der Waals surface area contributed by atoms with Gasteiger partial charge in [-0.15, -0.1) is 10.2 Å². The Hall–Kier alpha value is -3.52. The molecule has 0 fully saturated rings. The average Bonchev–Trinajstić information content (AvgIpc) is 3.16. The van der Waals surface area contributed by atoms with Crippen LogP contribution in [0, 0.1) is 0 Å². The highest BCUT2D eigenvalue weighted by atomic mass is 32.1. The first-order valence-corrected chi connectivity index (χ1v) is 9.05. The van der Waals surface area contributed by atoms with Gasteiger partial charge in [0.25, 0.3) is 0 Å². The molecule has 0 aliphatic rings. The van der Waals surface area contributed by atoms with E-state index in [4.69, 9.17) is 10.5 Å². The molecule has 7 nitrogen and oxygen atoms in total. The second-order valence-corrected chi connectivity index (χ2v) is 6.57. The first-order valence-electron chi connectivity index (χ1n) is 8.23. The van der Waals surface area contributed by atoms with Gasteiger partial charge in [-0.1, -0.05) is 41.7 Å². The molecule has 134 valence electrons. The van der Waals surface area contributed by atoms with Crippen molar-refractivity contribution < 1.29 is 4.74 Å². The molecule has 4 aromatic rings. The third-order valence-electron chi connectivity index (χ3n) is 3.67. The lowest BCUT2D eigenvalue weighted by molar-refractivity contribution is 0.302. The Bertz CT molecular complexity index is 1040. The smallest absolute Gasteiger partial charge is 0.220 e. The minimum Gasteiger partial charge on any atom is -0.487 e. The number of rotatable bonds is 6. The van der Waals surface area contributed by atoms with Gasteiger partial charge < -0.3 is 15.8 Å². The molecule has 0 saturated heterocycles. The van der Waals surface area contributed by atoms with Gasteiger partial charge in [0.1, 0.15) is 12.4 Å². The van der Waals surface area contributed by atoms with E-state index in [-0.39, 0.29) is 12.6 Å². The summed E-state index contributed by atoms with van der Waals surface area (Å²) in [7, 11) is 0.